The van der Waals surface area contributed by atoms with Crippen LogP contribution < -0.4 is 0 Å². The van der Waals surface area contributed by atoms with E-state index in [0.29, 0.717) is 26.3 Å². The van der Waals surface area contributed by atoms with E-state index in [1.165, 1.54) is 0 Å². The first-order valence-electron chi connectivity index (χ1n) is 6.28. The van der Waals surface area contributed by atoms with Gasteiger partial charge in [0.25, 0.3) is 0 Å². The van der Waals surface area contributed by atoms with Crippen LogP contribution >= 0.6 is 0 Å². The molecule has 0 heterocycles. The first kappa shape index (κ1) is 17.8. The molecule has 0 aromatic heterocycles. The predicted octanol–water partition coefficient (Wildman–Crippen LogP) is -0.486. The van der Waals surface area contributed by atoms with Gasteiger partial charge in [-0.15, -0.1) is 0 Å². The summed E-state index contributed by atoms with van der Waals surface area (Å²) >= 11 is 0. The maximum atomic E-state index is 11.4. The number of hydrogen-bond acceptors (Lipinski definition) is 6. The molecular weight excluding hydrogens is 252 g/mol. The number of carbonyl (C=O) groups is 2. The number of aliphatic carboxylic acids is 1. The molecule has 0 saturated carbocycles. The summed E-state index contributed by atoms with van der Waals surface area (Å²) in [5, 5.41) is 8.59. The molecule has 0 aliphatic rings. The molecule has 0 aromatic carbocycles. The minimum atomic E-state index is -0.861. The summed E-state index contributed by atoms with van der Waals surface area (Å²) in [7, 11) is 3.51. The smallest absolute Gasteiger partial charge is 0.320 e. The van der Waals surface area contributed by atoms with Crippen LogP contribution in [0.25, 0.3) is 0 Å². The van der Waals surface area contributed by atoms with Gasteiger partial charge < -0.3 is 14.6 Å². The van der Waals surface area contributed by atoms with Crippen LogP contribution in [0, 0.1) is 0 Å². The van der Waals surface area contributed by atoms with Crippen molar-refractivity contribution in [3.63, 3.8) is 0 Å². The number of nitrogens with zero attached hydrogens (tertiary/aromatic N) is 2. The number of carboxylic acids is 1. The predicted molar refractivity (Wildman–Crippen MR) is 70.1 cm³/mol. The lowest BCUT2D eigenvalue weighted by Crippen LogP contribution is -2.36. The van der Waals surface area contributed by atoms with E-state index < -0.39 is 5.97 Å². The maximum absolute atomic E-state index is 11.4. The third-order valence-electron chi connectivity index (χ3n) is 2.36. The summed E-state index contributed by atoms with van der Waals surface area (Å²) in [6, 6.07) is 0. The summed E-state index contributed by atoms with van der Waals surface area (Å²) in [6.45, 7) is 4.52. The van der Waals surface area contributed by atoms with Crippen LogP contribution in [0.15, 0.2) is 0 Å². The van der Waals surface area contributed by atoms with E-state index in [4.69, 9.17) is 14.6 Å². The van der Waals surface area contributed by atoms with Crippen molar-refractivity contribution in [2.45, 2.75) is 6.92 Å². The highest BCUT2D eigenvalue weighted by Crippen LogP contribution is 1.89. The van der Waals surface area contributed by atoms with Crippen molar-refractivity contribution in [1.82, 2.24) is 9.80 Å². The minimum absolute atomic E-state index is 0.00730. The highest BCUT2D eigenvalue weighted by atomic mass is 16.6. The van der Waals surface area contributed by atoms with Crippen molar-refractivity contribution < 1.29 is 24.2 Å². The fourth-order valence-corrected chi connectivity index (χ4v) is 1.36. The topological polar surface area (TPSA) is 79.3 Å². The first-order valence-corrected chi connectivity index (χ1v) is 6.28. The number of ether oxygens (including phenoxy) is 2. The van der Waals surface area contributed by atoms with Crippen molar-refractivity contribution in [3.8, 4) is 0 Å². The summed E-state index contributed by atoms with van der Waals surface area (Å²) < 4.78 is 10.0. The van der Waals surface area contributed by atoms with Gasteiger partial charge >= 0.3 is 11.9 Å². The highest BCUT2D eigenvalue weighted by molar-refractivity contribution is 5.71. The first-order chi connectivity index (χ1) is 8.95. The third-order valence-corrected chi connectivity index (χ3v) is 2.36. The molecule has 0 spiro atoms. The van der Waals surface area contributed by atoms with E-state index in [1.54, 1.807) is 23.9 Å². The third kappa shape index (κ3) is 11.6. The molecular formula is C12H24N2O5. The van der Waals surface area contributed by atoms with E-state index in [9.17, 15) is 9.59 Å². The Morgan fingerprint density at radius 2 is 1.63 bits per heavy atom. The van der Waals surface area contributed by atoms with Gasteiger partial charge in [0.1, 0.15) is 6.61 Å². The fraction of sp³-hybridized carbons (Fsp3) is 0.833. The van der Waals surface area contributed by atoms with E-state index in [2.05, 4.69) is 0 Å². The van der Waals surface area contributed by atoms with Crippen LogP contribution in [-0.2, 0) is 19.1 Å². The molecule has 0 aromatic rings. The fourth-order valence-electron chi connectivity index (χ4n) is 1.36. The van der Waals surface area contributed by atoms with Crippen LogP contribution in [0.1, 0.15) is 6.92 Å². The quantitative estimate of drug-likeness (QED) is 0.403. The van der Waals surface area contributed by atoms with Crippen LogP contribution in [0.3, 0.4) is 0 Å². The molecule has 0 radical (unpaired) electrons. The van der Waals surface area contributed by atoms with Crippen molar-refractivity contribution >= 4 is 11.9 Å². The molecule has 0 aliphatic heterocycles. The maximum Gasteiger partial charge on any atom is 0.320 e. The molecule has 0 saturated heterocycles. The van der Waals surface area contributed by atoms with Crippen molar-refractivity contribution in [2.24, 2.45) is 0 Å². The Kier molecular flexibility index (Phi) is 10.1. The van der Waals surface area contributed by atoms with E-state index in [0.717, 1.165) is 0 Å². The molecule has 0 unspecified atom stereocenters. The highest BCUT2D eigenvalue weighted by Gasteiger charge is 2.09. The lowest BCUT2D eigenvalue weighted by molar-refractivity contribution is -0.146. The lowest BCUT2D eigenvalue weighted by atomic mass is 10.4. The zero-order valence-corrected chi connectivity index (χ0v) is 11.9. The monoisotopic (exact) mass is 276 g/mol. The number of rotatable bonds is 11. The van der Waals surface area contributed by atoms with Crippen LogP contribution in [0.4, 0.5) is 0 Å². The van der Waals surface area contributed by atoms with Gasteiger partial charge in [0, 0.05) is 19.7 Å². The van der Waals surface area contributed by atoms with Gasteiger partial charge in [0.05, 0.1) is 19.7 Å². The summed E-state index contributed by atoms with van der Waals surface area (Å²) in [6.07, 6.45) is 0. The minimum Gasteiger partial charge on any atom is -0.480 e. The van der Waals surface area contributed by atoms with Gasteiger partial charge in [0.15, 0.2) is 0 Å². The summed E-state index contributed by atoms with van der Waals surface area (Å²) in [5.74, 6) is -1.16. The second kappa shape index (κ2) is 10.7. The molecule has 0 atom stereocenters. The molecule has 0 aliphatic carbocycles. The number of likely N-dealkylation sites (N-methyl/N-ethyl adjacent to an activating group) is 2. The molecule has 0 rings (SSSR count). The molecule has 7 nitrogen and oxygen atoms in total. The lowest BCUT2D eigenvalue weighted by Gasteiger charge is -2.20. The molecule has 112 valence electrons. The van der Waals surface area contributed by atoms with Gasteiger partial charge in [-0.25, -0.2) is 0 Å². The Hall–Kier alpha value is -1.18. The Labute approximate surface area is 114 Å². The molecule has 0 amide bonds. The van der Waals surface area contributed by atoms with E-state index >= 15 is 0 Å². The largest absolute Gasteiger partial charge is 0.480 e. The van der Waals surface area contributed by atoms with Gasteiger partial charge in [-0.05, 0) is 21.0 Å². The number of esters is 1. The van der Waals surface area contributed by atoms with E-state index in [1.807, 2.05) is 6.92 Å². The second-order valence-corrected chi connectivity index (χ2v) is 4.29. The van der Waals surface area contributed by atoms with Crippen molar-refractivity contribution in [3.05, 3.63) is 0 Å². The normalized spacial score (nSPS) is 11.0. The second-order valence-electron chi connectivity index (χ2n) is 4.29. The number of hydrogen-bond donors (Lipinski definition) is 1. The molecule has 1 N–H and O–H groups in total. The Morgan fingerprint density at radius 1 is 1.05 bits per heavy atom. The molecule has 0 bridgehead atoms. The van der Waals surface area contributed by atoms with Crippen molar-refractivity contribution in [1.29, 1.82) is 0 Å². The summed E-state index contributed by atoms with van der Waals surface area (Å²) in [5.41, 5.74) is 0. The Balaban J connectivity index is 3.64. The van der Waals surface area contributed by atoms with E-state index in [-0.39, 0.29) is 25.7 Å². The molecule has 7 heteroatoms. The average molecular weight is 276 g/mol. The average Bonchev–Trinajstić information content (AvgIpc) is 2.31. The molecule has 19 heavy (non-hydrogen) atoms. The number of carbonyl (C=O) groups excluding carboxylic acids is 1. The van der Waals surface area contributed by atoms with Crippen LogP contribution in [0.2, 0.25) is 0 Å². The standard InChI is InChI=1S/C12H24N2O5/c1-4-18-7-8-19-12(17)10-14(3)6-5-13(2)9-11(15)16/h4-10H2,1-3H3,(H,15,16). The van der Waals surface area contributed by atoms with Crippen LogP contribution in [-0.4, -0.2) is 86.9 Å². The van der Waals surface area contributed by atoms with Gasteiger partial charge in [-0.1, -0.05) is 0 Å². The zero-order valence-electron chi connectivity index (χ0n) is 11.9. The van der Waals surface area contributed by atoms with Gasteiger partial charge in [0.2, 0.25) is 0 Å². The Bertz CT molecular complexity index is 273. The van der Waals surface area contributed by atoms with Crippen molar-refractivity contribution in [2.75, 3.05) is 60.1 Å². The number of carboxylic acid groups (broad SMARTS) is 1. The van der Waals surface area contributed by atoms with Gasteiger partial charge in [-0.2, -0.15) is 0 Å². The Morgan fingerprint density at radius 3 is 2.16 bits per heavy atom. The van der Waals surface area contributed by atoms with Crippen LogP contribution in [0.5, 0.6) is 0 Å². The molecule has 0 fully saturated rings. The zero-order chi connectivity index (χ0) is 14.7. The SMILES string of the molecule is CCOCCOC(=O)CN(C)CCN(C)CC(=O)O. The van der Waals surface area contributed by atoms with Gasteiger partial charge in [-0.3, -0.25) is 19.4 Å². The summed E-state index contributed by atoms with van der Waals surface area (Å²) in [4.78, 5) is 25.3.